The molecule has 122 valence electrons. The highest BCUT2D eigenvalue weighted by atomic mass is 19.1. The molecule has 0 aromatic heterocycles. The molecule has 0 aliphatic heterocycles. The lowest BCUT2D eigenvalue weighted by molar-refractivity contribution is 0.101. The number of anilines is 1. The lowest BCUT2D eigenvalue weighted by atomic mass is 9.87. The summed E-state index contributed by atoms with van der Waals surface area (Å²) >= 11 is 0. The van der Waals surface area contributed by atoms with Gasteiger partial charge in [-0.25, -0.2) is 13.6 Å². The Labute approximate surface area is 127 Å². The number of aliphatic hydroxyl groups excluding tert-OH is 1. The topological polar surface area (TPSA) is 70.6 Å². The zero-order valence-electron chi connectivity index (χ0n) is 12.4. The van der Waals surface area contributed by atoms with E-state index >= 15 is 0 Å². The van der Waals surface area contributed by atoms with Crippen molar-refractivity contribution in [1.29, 1.82) is 0 Å². The van der Waals surface area contributed by atoms with Crippen molar-refractivity contribution in [1.82, 2.24) is 5.32 Å². The summed E-state index contributed by atoms with van der Waals surface area (Å²) in [4.78, 5) is 11.8. The van der Waals surface area contributed by atoms with Crippen LogP contribution in [0, 0.1) is 17.6 Å². The largest absolute Gasteiger partial charge is 0.491 e. The third-order valence-electron chi connectivity index (χ3n) is 3.77. The summed E-state index contributed by atoms with van der Waals surface area (Å²) < 4.78 is 31.6. The third kappa shape index (κ3) is 4.30. The van der Waals surface area contributed by atoms with Crippen LogP contribution in [0.3, 0.4) is 0 Å². The first-order chi connectivity index (χ1) is 10.5. The molecule has 2 rings (SSSR count). The zero-order valence-corrected chi connectivity index (χ0v) is 12.4. The Bertz CT molecular complexity index is 517. The Balaban J connectivity index is 1.87. The fourth-order valence-corrected chi connectivity index (χ4v) is 2.69. The number of carbonyl (C=O) groups is 1. The van der Waals surface area contributed by atoms with Crippen molar-refractivity contribution in [3.05, 3.63) is 23.8 Å². The molecule has 3 N–H and O–H groups in total. The molecule has 1 aliphatic carbocycles. The number of urea groups is 1. The molecule has 1 aromatic carbocycles. The second kappa shape index (κ2) is 7.40. The van der Waals surface area contributed by atoms with Crippen molar-refractivity contribution in [3.8, 4) is 5.75 Å². The van der Waals surface area contributed by atoms with Crippen LogP contribution < -0.4 is 15.4 Å². The maximum absolute atomic E-state index is 13.5. The van der Waals surface area contributed by atoms with E-state index in [2.05, 4.69) is 15.4 Å². The van der Waals surface area contributed by atoms with Gasteiger partial charge in [0.2, 0.25) is 0 Å². The highest BCUT2D eigenvalue weighted by Crippen LogP contribution is 2.25. The zero-order chi connectivity index (χ0) is 16.1. The van der Waals surface area contributed by atoms with Crippen LogP contribution in [0.4, 0.5) is 19.3 Å². The molecular formula is C15H20F2N2O3. The van der Waals surface area contributed by atoms with E-state index in [1.165, 1.54) is 7.11 Å². The smallest absolute Gasteiger partial charge is 0.319 e. The number of nitrogens with one attached hydrogen (secondary N) is 2. The van der Waals surface area contributed by atoms with Crippen LogP contribution in [-0.4, -0.2) is 30.9 Å². The molecule has 7 heteroatoms. The van der Waals surface area contributed by atoms with E-state index in [9.17, 15) is 18.7 Å². The summed E-state index contributed by atoms with van der Waals surface area (Å²) in [6.07, 6.45) is 3.03. The Hall–Kier alpha value is -1.89. The fourth-order valence-electron chi connectivity index (χ4n) is 2.69. The predicted molar refractivity (Wildman–Crippen MR) is 77.9 cm³/mol. The van der Waals surface area contributed by atoms with Gasteiger partial charge in [0.1, 0.15) is 0 Å². The Morgan fingerprint density at radius 1 is 1.36 bits per heavy atom. The molecule has 1 aromatic rings. The number of ether oxygens (including phenoxy) is 1. The summed E-state index contributed by atoms with van der Waals surface area (Å²) in [5.41, 5.74) is 0.0111. The van der Waals surface area contributed by atoms with Gasteiger partial charge in [0.05, 0.1) is 13.2 Å². The summed E-state index contributed by atoms with van der Waals surface area (Å²) in [7, 11) is 1.17. The van der Waals surface area contributed by atoms with Gasteiger partial charge < -0.3 is 20.5 Å². The Morgan fingerprint density at radius 2 is 2.05 bits per heavy atom. The van der Waals surface area contributed by atoms with Gasteiger partial charge >= 0.3 is 6.03 Å². The second-order valence-electron chi connectivity index (χ2n) is 5.49. The molecule has 0 bridgehead atoms. The first kappa shape index (κ1) is 16.5. The number of hydrogen-bond donors (Lipinski definition) is 3. The number of hydrogen-bond acceptors (Lipinski definition) is 3. The molecule has 5 nitrogen and oxygen atoms in total. The third-order valence-corrected chi connectivity index (χ3v) is 3.77. The van der Waals surface area contributed by atoms with Crippen molar-refractivity contribution in [2.24, 2.45) is 5.92 Å². The van der Waals surface area contributed by atoms with Gasteiger partial charge in [-0.3, -0.25) is 0 Å². The normalized spacial score (nSPS) is 21.3. The number of carbonyl (C=O) groups excluding carboxylic acids is 1. The van der Waals surface area contributed by atoms with Gasteiger partial charge in [0.15, 0.2) is 17.4 Å². The first-order valence-electron chi connectivity index (χ1n) is 7.25. The molecule has 0 saturated heterocycles. The predicted octanol–water partition coefficient (Wildman–Crippen LogP) is 2.65. The summed E-state index contributed by atoms with van der Waals surface area (Å²) in [5.74, 6) is -2.03. The number of methoxy groups -OCH3 is 1. The number of rotatable bonds is 4. The molecule has 2 amide bonds. The molecule has 22 heavy (non-hydrogen) atoms. The van der Waals surface area contributed by atoms with Crippen LogP contribution in [0.5, 0.6) is 5.75 Å². The average molecular weight is 314 g/mol. The standard InChI is InChI=1S/C15H20F2N2O3/c1-22-14-12(16)6-10(7-13(14)17)19-15(21)18-8-9-3-2-4-11(20)5-9/h6-7,9,11,20H,2-5,8H2,1H3,(H2,18,19,21). The fraction of sp³-hybridized carbons (Fsp3) is 0.533. The Kier molecular flexibility index (Phi) is 5.54. The maximum atomic E-state index is 13.5. The SMILES string of the molecule is COc1c(F)cc(NC(=O)NCC2CCCC(O)C2)cc1F. The van der Waals surface area contributed by atoms with Crippen LogP contribution in [0.15, 0.2) is 12.1 Å². The minimum Gasteiger partial charge on any atom is -0.491 e. The van der Waals surface area contributed by atoms with Crippen LogP contribution in [0.2, 0.25) is 0 Å². The monoisotopic (exact) mass is 314 g/mol. The van der Waals surface area contributed by atoms with E-state index in [0.717, 1.165) is 31.4 Å². The van der Waals surface area contributed by atoms with Crippen LogP contribution in [-0.2, 0) is 0 Å². The molecule has 0 spiro atoms. The van der Waals surface area contributed by atoms with E-state index in [1.54, 1.807) is 0 Å². The molecule has 0 heterocycles. The van der Waals surface area contributed by atoms with E-state index in [4.69, 9.17) is 0 Å². The van der Waals surface area contributed by atoms with E-state index in [1.807, 2.05) is 0 Å². The minimum absolute atomic E-state index is 0.0111. The molecule has 1 fully saturated rings. The molecular weight excluding hydrogens is 294 g/mol. The van der Waals surface area contributed by atoms with E-state index in [0.29, 0.717) is 13.0 Å². The van der Waals surface area contributed by atoms with Gasteiger partial charge in [-0.1, -0.05) is 6.42 Å². The lowest BCUT2D eigenvalue weighted by Crippen LogP contribution is -2.35. The number of amides is 2. The van der Waals surface area contributed by atoms with Crippen molar-refractivity contribution in [2.45, 2.75) is 31.8 Å². The molecule has 0 radical (unpaired) electrons. The Morgan fingerprint density at radius 3 is 2.64 bits per heavy atom. The highest BCUT2D eigenvalue weighted by Gasteiger charge is 2.20. The second-order valence-corrected chi connectivity index (χ2v) is 5.49. The van der Waals surface area contributed by atoms with Gasteiger partial charge in [-0.05, 0) is 25.2 Å². The van der Waals surface area contributed by atoms with Gasteiger partial charge in [0, 0.05) is 24.4 Å². The number of benzene rings is 1. The van der Waals surface area contributed by atoms with Crippen molar-refractivity contribution < 1.29 is 23.4 Å². The molecule has 2 atom stereocenters. The van der Waals surface area contributed by atoms with Gasteiger partial charge in [-0.15, -0.1) is 0 Å². The van der Waals surface area contributed by atoms with Crippen LogP contribution >= 0.6 is 0 Å². The van der Waals surface area contributed by atoms with Crippen LogP contribution in [0.1, 0.15) is 25.7 Å². The summed E-state index contributed by atoms with van der Waals surface area (Å²) in [5, 5.41) is 14.6. The first-order valence-corrected chi connectivity index (χ1v) is 7.25. The molecule has 2 unspecified atom stereocenters. The van der Waals surface area contributed by atoms with E-state index in [-0.39, 0.29) is 17.7 Å². The van der Waals surface area contributed by atoms with Crippen molar-refractivity contribution >= 4 is 11.7 Å². The lowest BCUT2D eigenvalue weighted by Gasteiger charge is -2.25. The average Bonchev–Trinajstić information content (AvgIpc) is 2.45. The van der Waals surface area contributed by atoms with Gasteiger partial charge in [-0.2, -0.15) is 0 Å². The minimum atomic E-state index is -0.881. The van der Waals surface area contributed by atoms with Gasteiger partial charge in [0.25, 0.3) is 0 Å². The highest BCUT2D eigenvalue weighted by molar-refractivity contribution is 5.89. The molecule has 1 aliphatic rings. The van der Waals surface area contributed by atoms with E-state index < -0.39 is 23.4 Å². The summed E-state index contributed by atoms with van der Waals surface area (Å²) in [6, 6.07) is 1.45. The van der Waals surface area contributed by atoms with Crippen LogP contribution in [0.25, 0.3) is 0 Å². The van der Waals surface area contributed by atoms with Crippen molar-refractivity contribution in [3.63, 3.8) is 0 Å². The van der Waals surface area contributed by atoms with Crippen molar-refractivity contribution in [2.75, 3.05) is 19.0 Å². The maximum Gasteiger partial charge on any atom is 0.319 e. The number of aliphatic hydroxyl groups is 1. The summed E-state index contributed by atoms with van der Waals surface area (Å²) in [6.45, 7) is 0.421. The quantitative estimate of drug-likeness (QED) is 0.800. The number of halogens is 2. The molecule has 1 saturated carbocycles.